The molecule has 0 unspecified atom stereocenters. The molecular formula is C16H24N4O6S. The molecule has 2 bridgehead atoms. The van der Waals surface area contributed by atoms with Gasteiger partial charge >= 0.3 is 16.4 Å². The lowest BCUT2D eigenvalue weighted by Gasteiger charge is -2.59. The number of amides is 3. The molecule has 0 aromatic heterocycles. The molecule has 0 radical (unpaired) electrons. The van der Waals surface area contributed by atoms with Gasteiger partial charge < -0.3 is 10.2 Å². The molecule has 1 spiro atoms. The van der Waals surface area contributed by atoms with E-state index in [4.69, 9.17) is 4.55 Å². The Kier molecular flexibility index (Phi) is 3.78. The van der Waals surface area contributed by atoms with Gasteiger partial charge in [0, 0.05) is 31.7 Å². The van der Waals surface area contributed by atoms with Crippen molar-refractivity contribution in [2.75, 3.05) is 19.6 Å². The number of hydrogen-bond donors (Lipinski definition) is 2. The predicted octanol–water partition coefficient (Wildman–Crippen LogP) is -0.268. The third kappa shape index (κ3) is 3.10. The summed E-state index contributed by atoms with van der Waals surface area (Å²) in [4.78, 5) is 28.9. The number of nitrogens with zero attached hydrogens (tertiary/aromatic N) is 3. The van der Waals surface area contributed by atoms with Crippen molar-refractivity contribution in [1.82, 2.24) is 20.2 Å². The van der Waals surface area contributed by atoms with Crippen molar-refractivity contribution in [3.8, 4) is 0 Å². The van der Waals surface area contributed by atoms with Crippen LogP contribution in [-0.2, 0) is 19.5 Å². The normalized spacial score (nSPS) is 33.1. The van der Waals surface area contributed by atoms with Crippen LogP contribution < -0.4 is 5.32 Å². The Morgan fingerprint density at radius 1 is 1.15 bits per heavy atom. The molecule has 3 aliphatic heterocycles. The first kappa shape index (κ1) is 17.7. The Bertz CT molecular complexity index is 770. The van der Waals surface area contributed by atoms with Crippen LogP contribution in [0.3, 0.4) is 0 Å². The molecular weight excluding hydrogens is 376 g/mol. The Balaban J connectivity index is 1.15. The van der Waals surface area contributed by atoms with E-state index in [1.807, 2.05) is 0 Å². The summed E-state index contributed by atoms with van der Waals surface area (Å²) in [5.74, 6) is -0.186. The van der Waals surface area contributed by atoms with Gasteiger partial charge in [-0.15, -0.1) is 4.28 Å². The number of fused-ring (bicyclic) bond motifs is 2. The van der Waals surface area contributed by atoms with Crippen LogP contribution in [0.25, 0.3) is 0 Å². The molecule has 5 rings (SSSR count). The van der Waals surface area contributed by atoms with Crippen LogP contribution in [0.1, 0.15) is 38.5 Å². The van der Waals surface area contributed by atoms with Crippen LogP contribution in [0.4, 0.5) is 4.79 Å². The fourth-order valence-electron chi connectivity index (χ4n) is 5.26. The number of carbonyl (C=O) groups is 2. The van der Waals surface area contributed by atoms with Crippen LogP contribution in [0.15, 0.2) is 0 Å². The Hall–Kier alpha value is -1.43. The van der Waals surface area contributed by atoms with Crippen molar-refractivity contribution >= 4 is 22.3 Å². The highest BCUT2D eigenvalue weighted by Gasteiger charge is 2.56. The average molecular weight is 400 g/mol. The summed E-state index contributed by atoms with van der Waals surface area (Å²) in [7, 11) is -4.77. The van der Waals surface area contributed by atoms with Crippen LogP contribution in [-0.4, -0.2) is 83.6 Å². The van der Waals surface area contributed by atoms with Crippen LogP contribution >= 0.6 is 0 Å². The van der Waals surface area contributed by atoms with Gasteiger partial charge in [0.2, 0.25) is 5.91 Å². The van der Waals surface area contributed by atoms with E-state index in [9.17, 15) is 18.0 Å². The lowest BCUT2D eigenvalue weighted by molar-refractivity contribution is -0.132. The molecule has 3 saturated heterocycles. The Morgan fingerprint density at radius 2 is 1.81 bits per heavy atom. The van der Waals surface area contributed by atoms with Gasteiger partial charge in [0.25, 0.3) is 0 Å². The van der Waals surface area contributed by atoms with E-state index >= 15 is 0 Å². The van der Waals surface area contributed by atoms with Gasteiger partial charge in [0.05, 0.1) is 6.04 Å². The number of hydroxylamine groups is 2. The summed E-state index contributed by atoms with van der Waals surface area (Å²) >= 11 is 0. The number of hydrogen-bond acceptors (Lipinski definition) is 6. The molecule has 2 aliphatic carbocycles. The van der Waals surface area contributed by atoms with Crippen molar-refractivity contribution in [3.05, 3.63) is 0 Å². The van der Waals surface area contributed by atoms with E-state index in [-0.39, 0.29) is 18.5 Å². The number of carbonyl (C=O) groups excluding carboxylic acids is 2. The maximum atomic E-state index is 12.7. The second kappa shape index (κ2) is 5.79. The third-order valence-electron chi connectivity index (χ3n) is 6.65. The van der Waals surface area contributed by atoms with E-state index in [1.54, 1.807) is 0 Å². The maximum absolute atomic E-state index is 12.7. The SMILES string of the molecule is O=C(NC1CC2(C1)CN(C1CC1)C2)[C@@H]1CC[C@@H]2CN1C(=O)N2OS(=O)(=O)O. The maximum Gasteiger partial charge on any atom is 0.418 e. The molecule has 2 saturated carbocycles. The highest BCUT2D eigenvalue weighted by molar-refractivity contribution is 7.80. The van der Waals surface area contributed by atoms with Crippen LogP contribution in [0.5, 0.6) is 0 Å². The van der Waals surface area contributed by atoms with Crippen molar-refractivity contribution in [2.24, 2.45) is 5.41 Å². The highest BCUT2D eigenvalue weighted by atomic mass is 32.3. The minimum Gasteiger partial charge on any atom is -0.352 e. The lowest BCUT2D eigenvalue weighted by atomic mass is 9.60. The first-order valence-electron chi connectivity index (χ1n) is 9.54. The minimum atomic E-state index is -4.77. The largest absolute Gasteiger partial charge is 0.418 e. The van der Waals surface area contributed by atoms with E-state index in [2.05, 4.69) is 14.5 Å². The topological polar surface area (TPSA) is 119 Å². The van der Waals surface area contributed by atoms with E-state index in [0.717, 1.165) is 32.0 Å². The van der Waals surface area contributed by atoms with Gasteiger partial charge in [-0.3, -0.25) is 14.2 Å². The zero-order valence-electron chi connectivity index (χ0n) is 14.9. The molecule has 3 amide bonds. The molecule has 2 atom stereocenters. The van der Waals surface area contributed by atoms with Crippen molar-refractivity contribution in [1.29, 1.82) is 0 Å². The standard InChI is InChI=1S/C16H24N4O6S/c21-14(17-10-5-16(6-10)8-18(9-16)11-1-2-11)13-4-3-12-7-19(13)15(22)20(12)26-27(23,24)25/h10-13H,1-9H2,(H,17,21)(H,23,24,25)/t12-,13+/m1/s1. The third-order valence-corrected chi connectivity index (χ3v) is 6.99. The number of likely N-dealkylation sites (tertiary alicyclic amines) is 1. The van der Waals surface area contributed by atoms with Crippen molar-refractivity contribution in [2.45, 2.75) is 62.7 Å². The quantitative estimate of drug-likeness (QED) is 0.610. The van der Waals surface area contributed by atoms with E-state index in [1.165, 1.54) is 17.7 Å². The molecule has 10 nitrogen and oxygen atoms in total. The van der Waals surface area contributed by atoms with Gasteiger partial charge in [-0.1, -0.05) is 0 Å². The summed E-state index contributed by atoms with van der Waals surface area (Å²) in [5.41, 5.74) is 0.377. The number of piperidine rings is 1. The molecule has 0 aromatic rings. The Labute approximate surface area is 157 Å². The molecule has 5 fully saturated rings. The van der Waals surface area contributed by atoms with Crippen molar-refractivity contribution < 1.29 is 26.8 Å². The minimum absolute atomic E-state index is 0.152. The Morgan fingerprint density at radius 3 is 2.44 bits per heavy atom. The molecule has 150 valence electrons. The monoisotopic (exact) mass is 400 g/mol. The average Bonchev–Trinajstić information content (AvgIpc) is 3.32. The molecule has 5 aliphatic rings. The first-order valence-corrected chi connectivity index (χ1v) is 10.9. The van der Waals surface area contributed by atoms with Gasteiger partial charge in [-0.05, 0) is 43.9 Å². The first-order chi connectivity index (χ1) is 12.7. The number of nitrogens with one attached hydrogen (secondary N) is 1. The summed E-state index contributed by atoms with van der Waals surface area (Å²) in [6.07, 6.45) is 5.51. The lowest BCUT2D eigenvalue weighted by Crippen LogP contribution is -2.67. The highest BCUT2D eigenvalue weighted by Crippen LogP contribution is 2.51. The molecule has 11 heteroatoms. The summed E-state index contributed by atoms with van der Waals surface area (Å²) in [6.45, 7) is 2.50. The van der Waals surface area contributed by atoms with E-state index < -0.39 is 28.5 Å². The zero-order valence-corrected chi connectivity index (χ0v) is 15.7. The molecule has 27 heavy (non-hydrogen) atoms. The zero-order chi connectivity index (χ0) is 19.0. The van der Waals surface area contributed by atoms with Crippen molar-refractivity contribution in [3.63, 3.8) is 0 Å². The summed E-state index contributed by atoms with van der Waals surface area (Å²) in [6, 6.07) is -0.837. The smallest absolute Gasteiger partial charge is 0.352 e. The fourth-order valence-corrected chi connectivity index (χ4v) is 5.65. The summed E-state index contributed by atoms with van der Waals surface area (Å²) < 4.78 is 35.1. The molecule has 2 N–H and O–H groups in total. The molecule has 3 heterocycles. The van der Waals surface area contributed by atoms with Gasteiger partial charge in [-0.2, -0.15) is 13.5 Å². The summed E-state index contributed by atoms with van der Waals surface area (Å²) in [5, 5.41) is 3.73. The van der Waals surface area contributed by atoms with Crippen LogP contribution in [0, 0.1) is 5.41 Å². The number of urea groups is 1. The second-order valence-electron chi connectivity index (χ2n) is 8.76. The van der Waals surface area contributed by atoms with Gasteiger partial charge in [-0.25, -0.2) is 4.79 Å². The number of rotatable bonds is 5. The van der Waals surface area contributed by atoms with Gasteiger partial charge in [0.1, 0.15) is 6.04 Å². The molecule has 0 aromatic carbocycles. The predicted molar refractivity (Wildman–Crippen MR) is 91.6 cm³/mol. The van der Waals surface area contributed by atoms with E-state index in [0.29, 0.717) is 23.3 Å². The second-order valence-corrected chi connectivity index (χ2v) is 9.76. The fraction of sp³-hybridized carbons (Fsp3) is 0.875. The van der Waals surface area contributed by atoms with Gasteiger partial charge in [0.15, 0.2) is 0 Å². The van der Waals surface area contributed by atoms with Crippen LogP contribution in [0.2, 0.25) is 0 Å².